The summed E-state index contributed by atoms with van der Waals surface area (Å²) in [5.74, 6) is -0.0962. The van der Waals surface area contributed by atoms with Gasteiger partial charge in [0.25, 0.3) is 6.43 Å². The van der Waals surface area contributed by atoms with E-state index in [0.717, 1.165) is 10.8 Å². The molecule has 0 aliphatic carbocycles. The van der Waals surface area contributed by atoms with Crippen molar-refractivity contribution in [3.8, 4) is 0 Å². The molecule has 2 aliphatic heterocycles. The lowest BCUT2D eigenvalue weighted by Gasteiger charge is -2.41. The molecule has 26 heavy (non-hydrogen) atoms. The molecule has 3 heterocycles. The number of ether oxygens (including phenoxy) is 1. The van der Waals surface area contributed by atoms with Gasteiger partial charge in [-0.15, -0.1) is 0 Å². The van der Waals surface area contributed by atoms with Gasteiger partial charge in [-0.25, -0.2) is 18.0 Å². The third-order valence-corrected chi connectivity index (χ3v) is 6.35. The molecule has 1 aromatic rings. The van der Waals surface area contributed by atoms with Gasteiger partial charge in [0.2, 0.25) is 0 Å². The van der Waals surface area contributed by atoms with Gasteiger partial charge in [0, 0.05) is 6.20 Å². The zero-order valence-electron chi connectivity index (χ0n) is 13.8. The van der Waals surface area contributed by atoms with Crippen LogP contribution in [0.25, 0.3) is 0 Å². The average molecular weight is 415 g/mol. The lowest BCUT2D eigenvalue weighted by atomic mass is 9.97. The standard InChI is InChI=1S/C13H17F3N3O5PS/c1-6(2)23-25(26)21-5-13(11(15)16)9(24-25)8(14)10(22-13)19-4-3-7(17)18-12(19)20/h3-4,6,8-11H,5H2,1-2H3,(H2,17,18,20). The number of nitrogens with two attached hydrogens (primary N) is 1. The molecular weight excluding hydrogens is 398 g/mol. The summed E-state index contributed by atoms with van der Waals surface area (Å²) in [6.45, 7) is -0.871. The van der Waals surface area contributed by atoms with Gasteiger partial charge in [-0.3, -0.25) is 9.09 Å². The Hall–Kier alpha value is -1.04. The molecule has 5 atom stereocenters. The summed E-state index contributed by atoms with van der Waals surface area (Å²) in [6.07, 6.45) is -8.06. The Bertz CT molecular complexity index is 797. The summed E-state index contributed by atoms with van der Waals surface area (Å²) in [6, 6.07) is 1.22. The van der Waals surface area contributed by atoms with Crippen LogP contribution in [0.3, 0.4) is 0 Å². The predicted octanol–water partition coefficient (Wildman–Crippen LogP) is 1.76. The third-order valence-electron chi connectivity index (χ3n) is 3.91. The fourth-order valence-corrected chi connectivity index (χ4v) is 5.34. The van der Waals surface area contributed by atoms with E-state index in [4.69, 9.17) is 35.8 Å². The molecule has 0 aromatic carbocycles. The first kappa shape index (κ1) is 19.7. The number of halogens is 3. The lowest BCUT2D eigenvalue weighted by Crippen LogP contribution is -2.55. The Morgan fingerprint density at radius 3 is 2.81 bits per heavy atom. The summed E-state index contributed by atoms with van der Waals surface area (Å²) in [5, 5.41) is 0. The van der Waals surface area contributed by atoms with Gasteiger partial charge in [0.05, 0.1) is 12.7 Å². The number of hydrogen-bond acceptors (Lipinski definition) is 8. The highest BCUT2D eigenvalue weighted by Crippen LogP contribution is 2.61. The average Bonchev–Trinajstić information content (AvgIpc) is 2.80. The zero-order valence-corrected chi connectivity index (χ0v) is 15.5. The van der Waals surface area contributed by atoms with Crippen LogP contribution in [0.5, 0.6) is 0 Å². The van der Waals surface area contributed by atoms with E-state index in [1.807, 2.05) is 0 Å². The van der Waals surface area contributed by atoms with Crippen LogP contribution in [0.2, 0.25) is 0 Å². The molecule has 146 valence electrons. The van der Waals surface area contributed by atoms with E-state index in [0.29, 0.717) is 0 Å². The molecule has 2 saturated heterocycles. The van der Waals surface area contributed by atoms with Gasteiger partial charge >= 0.3 is 12.4 Å². The minimum Gasteiger partial charge on any atom is -0.383 e. The van der Waals surface area contributed by atoms with Crippen LogP contribution >= 0.6 is 6.72 Å². The molecule has 3 rings (SSSR count). The zero-order chi connectivity index (χ0) is 19.3. The van der Waals surface area contributed by atoms with Crippen LogP contribution in [-0.4, -0.2) is 46.6 Å². The summed E-state index contributed by atoms with van der Waals surface area (Å²) in [7, 11) is 0. The molecule has 0 saturated carbocycles. The molecule has 0 bridgehead atoms. The normalized spacial score (nSPS) is 37.3. The molecule has 5 unspecified atom stereocenters. The second-order valence-corrected chi connectivity index (χ2v) is 9.07. The minimum absolute atomic E-state index is 0.0962. The van der Waals surface area contributed by atoms with Crippen LogP contribution in [0, 0.1) is 0 Å². The van der Waals surface area contributed by atoms with E-state index in [9.17, 15) is 13.6 Å². The fourth-order valence-electron chi connectivity index (χ4n) is 2.77. The second kappa shape index (κ2) is 6.84. The van der Waals surface area contributed by atoms with Crippen molar-refractivity contribution in [2.45, 2.75) is 50.5 Å². The van der Waals surface area contributed by atoms with Crippen molar-refractivity contribution in [1.29, 1.82) is 0 Å². The second-order valence-electron chi connectivity index (χ2n) is 6.15. The number of nitrogens with zero attached hydrogens (tertiary/aromatic N) is 2. The molecule has 0 spiro atoms. The van der Waals surface area contributed by atoms with Gasteiger partial charge in [0.15, 0.2) is 18.0 Å². The van der Waals surface area contributed by atoms with Crippen molar-refractivity contribution in [1.82, 2.24) is 9.55 Å². The fraction of sp³-hybridized carbons (Fsp3) is 0.692. The van der Waals surface area contributed by atoms with Crippen molar-refractivity contribution < 1.29 is 31.5 Å². The van der Waals surface area contributed by atoms with Crippen LogP contribution in [-0.2, 0) is 30.1 Å². The van der Waals surface area contributed by atoms with Gasteiger partial charge in [-0.2, -0.15) is 4.98 Å². The Morgan fingerprint density at radius 1 is 1.54 bits per heavy atom. The molecule has 0 amide bonds. The van der Waals surface area contributed by atoms with E-state index < -0.39 is 55.6 Å². The van der Waals surface area contributed by atoms with E-state index in [2.05, 4.69) is 4.98 Å². The number of rotatable bonds is 4. The molecule has 2 N–H and O–H groups in total. The molecular formula is C13H17F3N3O5PS. The first-order chi connectivity index (χ1) is 12.1. The molecule has 2 aliphatic rings. The monoisotopic (exact) mass is 415 g/mol. The molecule has 1 aromatic heterocycles. The number of nitrogen functional groups attached to an aromatic ring is 1. The molecule has 13 heteroatoms. The molecule has 2 fully saturated rings. The Labute approximate surface area is 151 Å². The maximum absolute atomic E-state index is 15.0. The number of anilines is 1. The Morgan fingerprint density at radius 2 is 2.23 bits per heavy atom. The first-order valence-electron chi connectivity index (χ1n) is 7.64. The van der Waals surface area contributed by atoms with E-state index in [1.54, 1.807) is 13.8 Å². The van der Waals surface area contributed by atoms with Gasteiger partial charge in [-0.1, -0.05) is 0 Å². The highest BCUT2D eigenvalue weighted by molar-refractivity contribution is 8.07. The lowest BCUT2D eigenvalue weighted by molar-refractivity contribution is -0.204. The van der Waals surface area contributed by atoms with Crippen LogP contribution < -0.4 is 11.4 Å². The van der Waals surface area contributed by atoms with Gasteiger partial charge in [-0.05, 0) is 31.7 Å². The number of aromatic nitrogens is 2. The van der Waals surface area contributed by atoms with E-state index >= 15 is 4.39 Å². The number of fused-ring (bicyclic) bond motifs is 1. The van der Waals surface area contributed by atoms with E-state index in [1.165, 1.54) is 6.07 Å². The Balaban J connectivity index is 1.97. The highest BCUT2D eigenvalue weighted by Gasteiger charge is 2.67. The molecule has 0 radical (unpaired) electrons. The van der Waals surface area contributed by atoms with Crippen LogP contribution in [0.4, 0.5) is 19.0 Å². The minimum atomic E-state index is -3.44. The maximum atomic E-state index is 15.0. The summed E-state index contributed by atoms with van der Waals surface area (Å²) >= 11 is 5.12. The van der Waals surface area contributed by atoms with Crippen molar-refractivity contribution in [3.63, 3.8) is 0 Å². The quantitative estimate of drug-likeness (QED) is 0.743. The van der Waals surface area contributed by atoms with E-state index in [-0.39, 0.29) is 5.82 Å². The van der Waals surface area contributed by atoms with Crippen molar-refractivity contribution in [2.75, 3.05) is 12.3 Å². The third kappa shape index (κ3) is 3.30. The van der Waals surface area contributed by atoms with Gasteiger partial charge < -0.3 is 19.5 Å². The van der Waals surface area contributed by atoms with Crippen LogP contribution in [0.15, 0.2) is 17.1 Å². The SMILES string of the molecule is CC(C)OP1(=S)OCC2(C(F)F)OC(n3ccc(N)nc3=O)C(F)C2O1. The number of hydrogen-bond donors (Lipinski definition) is 1. The summed E-state index contributed by atoms with van der Waals surface area (Å²) in [5.41, 5.74) is 2.02. The summed E-state index contributed by atoms with van der Waals surface area (Å²) in [4.78, 5) is 15.4. The van der Waals surface area contributed by atoms with Crippen LogP contribution in [0.1, 0.15) is 20.1 Å². The topological polar surface area (TPSA) is 97.8 Å². The van der Waals surface area contributed by atoms with Crippen molar-refractivity contribution >= 4 is 24.3 Å². The first-order valence-corrected chi connectivity index (χ1v) is 10.2. The predicted molar refractivity (Wildman–Crippen MR) is 88.0 cm³/mol. The molecule has 8 nitrogen and oxygen atoms in total. The highest BCUT2D eigenvalue weighted by atomic mass is 32.5. The van der Waals surface area contributed by atoms with Crippen molar-refractivity contribution in [3.05, 3.63) is 22.7 Å². The largest absolute Gasteiger partial charge is 0.383 e. The summed E-state index contributed by atoms with van der Waals surface area (Å²) < 4.78 is 64.5. The maximum Gasteiger partial charge on any atom is 0.351 e. The number of alkyl halides is 3. The Kier molecular flexibility index (Phi) is 5.19. The van der Waals surface area contributed by atoms with Crippen molar-refractivity contribution in [2.24, 2.45) is 0 Å². The van der Waals surface area contributed by atoms with Gasteiger partial charge in [0.1, 0.15) is 11.9 Å². The smallest absolute Gasteiger partial charge is 0.351 e.